The molecule has 12 aromatic rings. The van der Waals surface area contributed by atoms with E-state index in [2.05, 4.69) is 229 Å². The zero-order valence-corrected chi connectivity index (χ0v) is 34.8. The lowest BCUT2D eigenvalue weighted by molar-refractivity contribution is 1.18. The van der Waals surface area contributed by atoms with Crippen LogP contribution in [0.15, 0.2) is 249 Å². The van der Waals surface area contributed by atoms with Gasteiger partial charge in [-0.2, -0.15) is 0 Å². The maximum atomic E-state index is 9.51. The van der Waals surface area contributed by atoms with Gasteiger partial charge in [-0.25, -0.2) is 0 Å². The molecule has 1 nitrogen and oxygen atoms in total. The monoisotopic (exact) mass is 807 g/mol. The van der Waals surface area contributed by atoms with Crippen LogP contribution in [-0.2, 0) is 0 Å². The maximum Gasteiger partial charge on any atom is 0.179 e. The second-order valence-corrected chi connectivity index (χ2v) is 19.9. The Bertz CT molecular complexity index is 3700. The number of fused-ring (bicyclic) bond motifs is 10. The first kappa shape index (κ1) is 32.0. The van der Waals surface area contributed by atoms with E-state index in [0.29, 0.717) is 10.9 Å². The molecule has 290 valence electrons. The van der Waals surface area contributed by atoms with Crippen LogP contribution in [0.3, 0.4) is 0 Å². The summed E-state index contributed by atoms with van der Waals surface area (Å²) >= 11 is 0. The van der Waals surface area contributed by atoms with Crippen LogP contribution in [0.1, 0.15) is 5.48 Å². The Hall–Kier alpha value is -7.78. The number of nitrogens with zero attached hydrogens (tertiary/aromatic N) is 1. The van der Waals surface area contributed by atoms with Gasteiger partial charge in [0.25, 0.3) is 0 Å². The third-order valence-electron chi connectivity index (χ3n) is 12.8. The quantitative estimate of drug-likeness (QED) is 0.0859. The maximum absolute atomic E-state index is 9.51. The first-order valence-corrected chi connectivity index (χ1v) is 23.2. The van der Waals surface area contributed by atoms with Crippen LogP contribution in [0.4, 0.5) is 0 Å². The van der Waals surface area contributed by atoms with E-state index in [0.717, 1.165) is 71.2 Å². The molecule has 2 heteroatoms. The minimum Gasteiger partial charge on any atom is -0.309 e. The number of hydrogen-bond donors (Lipinski definition) is 0. The van der Waals surface area contributed by atoms with Gasteiger partial charge < -0.3 is 4.57 Å². The summed E-state index contributed by atoms with van der Waals surface area (Å²) in [6, 6.07) is 79.7. The lowest BCUT2D eigenvalue weighted by Crippen LogP contribution is -2.74. The lowest BCUT2D eigenvalue weighted by atomic mass is 9.92. The summed E-state index contributed by atoms with van der Waals surface area (Å²) < 4.78 is 39.0. The van der Waals surface area contributed by atoms with E-state index in [1.807, 2.05) is 0 Å². The SMILES string of the molecule is [2H]c1c([2H])c([2H])c2c(c1[2H])c1c3c4ccccc4c4ccccc4c3ccc1n2-c1ccc([Si](c2ccccc2)(c2ccccc2)c2cc(-c3ccccc3)cc(-c3ccccc3)c2)cc1. The van der Waals surface area contributed by atoms with Crippen LogP contribution >= 0.6 is 0 Å². The predicted molar refractivity (Wildman–Crippen MR) is 268 cm³/mol. The summed E-state index contributed by atoms with van der Waals surface area (Å²) in [5, 5.41) is 12.7. The summed E-state index contributed by atoms with van der Waals surface area (Å²) in [6.45, 7) is 0. The van der Waals surface area contributed by atoms with E-state index in [9.17, 15) is 2.74 Å². The van der Waals surface area contributed by atoms with Crippen molar-refractivity contribution in [3.8, 4) is 27.9 Å². The highest BCUT2D eigenvalue weighted by atomic mass is 28.3. The Balaban J connectivity index is 1.17. The fourth-order valence-corrected chi connectivity index (χ4v) is 14.9. The van der Waals surface area contributed by atoms with Gasteiger partial charge in [0.15, 0.2) is 8.07 Å². The van der Waals surface area contributed by atoms with Crippen molar-refractivity contribution in [2.24, 2.45) is 0 Å². The molecule has 0 N–H and O–H groups in total. The Kier molecular flexibility index (Phi) is 7.62. The molecule has 62 heavy (non-hydrogen) atoms. The minimum atomic E-state index is -3.10. The second kappa shape index (κ2) is 14.7. The number of para-hydroxylation sites is 1. The van der Waals surface area contributed by atoms with Gasteiger partial charge in [-0.1, -0.05) is 218 Å². The van der Waals surface area contributed by atoms with E-state index < -0.39 is 8.07 Å². The number of benzene rings is 11. The molecule has 12 rings (SSSR count). The van der Waals surface area contributed by atoms with Crippen molar-refractivity contribution in [2.45, 2.75) is 0 Å². The van der Waals surface area contributed by atoms with Gasteiger partial charge in [0.05, 0.1) is 16.5 Å². The number of aromatic nitrogens is 1. The summed E-state index contributed by atoms with van der Waals surface area (Å²) in [4.78, 5) is 0. The summed E-state index contributed by atoms with van der Waals surface area (Å²) in [7, 11) is -3.10. The van der Waals surface area contributed by atoms with Crippen LogP contribution in [0.25, 0.3) is 82.1 Å². The minimum absolute atomic E-state index is 0.0387. The van der Waals surface area contributed by atoms with Crippen molar-refractivity contribution in [3.63, 3.8) is 0 Å². The molecule has 0 amide bonds. The van der Waals surface area contributed by atoms with Gasteiger partial charge >= 0.3 is 0 Å². The summed E-state index contributed by atoms with van der Waals surface area (Å²) in [6.07, 6.45) is 0. The van der Waals surface area contributed by atoms with Crippen molar-refractivity contribution in [1.82, 2.24) is 4.57 Å². The molecule has 0 saturated carbocycles. The van der Waals surface area contributed by atoms with E-state index in [4.69, 9.17) is 2.74 Å². The summed E-state index contributed by atoms with van der Waals surface area (Å²) in [5.41, 5.74) is 6.72. The summed E-state index contributed by atoms with van der Waals surface area (Å²) in [5.74, 6) is 0. The van der Waals surface area contributed by atoms with Gasteiger partial charge in [-0.3, -0.25) is 0 Å². The standard InChI is InChI=1S/C60H41NSi/c1-5-19-42(20-6-1)44-39-45(43-21-7-2-8-22-43)41-50(40-44)62(47-23-9-3-10-24-47,48-25-11-4-12-26-48)49-35-33-46(34-36-49)61-57-32-18-17-31-56(57)60-58(61)38-37-55-53-29-14-13-27-51(53)52-28-15-16-30-54(52)59(55)60/h1-41H/i17D,18D,31D,32D. The first-order valence-electron chi connectivity index (χ1n) is 23.2. The molecule has 0 spiro atoms. The number of rotatable bonds is 7. The van der Waals surface area contributed by atoms with Crippen molar-refractivity contribution < 1.29 is 5.48 Å². The molecule has 1 aromatic heterocycles. The normalized spacial score (nSPS) is 12.8. The van der Waals surface area contributed by atoms with Gasteiger partial charge in [-0.15, -0.1) is 0 Å². The highest BCUT2D eigenvalue weighted by molar-refractivity contribution is 7.20. The third-order valence-corrected chi connectivity index (χ3v) is 17.6. The van der Waals surface area contributed by atoms with E-state index in [-0.39, 0.29) is 24.2 Å². The fourth-order valence-electron chi connectivity index (χ4n) is 10.1. The zero-order chi connectivity index (χ0) is 44.5. The van der Waals surface area contributed by atoms with Gasteiger partial charge in [0.2, 0.25) is 0 Å². The molecule has 1 heterocycles. The highest BCUT2D eigenvalue weighted by Crippen LogP contribution is 2.43. The largest absolute Gasteiger partial charge is 0.309 e. The average molecular weight is 808 g/mol. The molecule has 0 aliphatic rings. The van der Waals surface area contributed by atoms with Crippen molar-refractivity contribution in [1.29, 1.82) is 0 Å². The highest BCUT2D eigenvalue weighted by Gasteiger charge is 2.42. The molecule has 0 aliphatic heterocycles. The lowest BCUT2D eigenvalue weighted by Gasteiger charge is -2.35. The predicted octanol–water partition coefficient (Wildman–Crippen LogP) is 13.0. The molecule has 11 aromatic carbocycles. The van der Waals surface area contributed by atoms with Crippen LogP contribution in [0, 0.1) is 0 Å². The molecule has 0 saturated heterocycles. The van der Waals surface area contributed by atoms with Gasteiger partial charge in [0.1, 0.15) is 0 Å². The van der Waals surface area contributed by atoms with E-state index in [1.165, 1.54) is 20.7 Å². The van der Waals surface area contributed by atoms with E-state index >= 15 is 0 Å². The molecular formula is C60H41NSi. The molecule has 0 radical (unpaired) electrons. The molecule has 0 aliphatic carbocycles. The Morgan fingerprint density at radius 3 is 1.32 bits per heavy atom. The van der Waals surface area contributed by atoms with Crippen molar-refractivity contribution in [3.05, 3.63) is 249 Å². The molecule has 0 atom stereocenters. The third kappa shape index (κ3) is 5.61. The van der Waals surface area contributed by atoms with Gasteiger partial charge in [-0.05, 0) is 100 Å². The van der Waals surface area contributed by atoms with Crippen LogP contribution in [0.5, 0.6) is 0 Å². The number of hydrogen-bond acceptors (Lipinski definition) is 0. The Labute approximate surface area is 368 Å². The fraction of sp³-hybridized carbons (Fsp3) is 0. The van der Waals surface area contributed by atoms with Crippen LogP contribution in [-0.4, -0.2) is 12.6 Å². The van der Waals surface area contributed by atoms with E-state index in [1.54, 1.807) is 0 Å². The zero-order valence-electron chi connectivity index (χ0n) is 37.8. The Morgan fingerprint density at radius 2 is 0.758 bits per heavy atom. The molecule has 0 unspecified atom stereocenters. The molecular weight excluding hydrogens is 763 g/mol. The molecule has 0 fully saturated rings. The second-order valence-electron chi connectivity index (χ2n) is 16.1. The molecule has 0 bridgehead atoms. The van der Waals surface area contributed by atoms with Crippen LogP contribution < -0.4 is 20.7 Å². The van der Waals surface area contributed by atoms with Crippen LogP contribution in [0.2, 0.25) is 0 Å². The topological polar surface area (TPSA) is 4.93 Å². The Morgan fingerprint density at radius 1 is 0.306 bits per heavy atom. The average Bonchev–Trinajstić information content (AvgIpc) is 3.74. The van der Waals surface area contributed by atoms with Crippen molar-refractivity contribution in [2.75, 3.05) is 0 Å². The first-order chi connectivity index (χ1) is 32.4. The van der Waals surface area contributed by atoms with Crippen molar-refractivity contribution >= 4 is 82.9 Å². The van der Waals surface area contributed by atoms with Gasteiger partial charge in [0, 0.05) is 21.8 Å². The smallest absolute Gasteiger partial charge is 0.179 e.